The third-order valence-corrected chi connectivity index (χ3v) is 8.17. The van der Waals surface area contributed by atoms with Crippen molar-refractivity contribution in [3.8, 4) is 0 Å². The van der Waals surface area contributed by atoms with E-state index in [2.05, 4.69) is 0 Å². The molecule has 0 radical (unpaired) electrons. The van der Waals surface area contributed by atoms with Gasteiger partial charge < -0.3 is 39.4 Å². The molecule has 0 aromatic heterocycles. The highest BCUT2D eigenvalue weighted by atomic mass is 16.7. The lowest BCUT2D eigenvalue weighted by Gasteiger charge is -2.31. The highest BCUT2D eigenvalue weighted by Gasteiger charge is 2.32. The average Bonchev–Trinajstić information content (AvgIpc) is 3.15. The van der Waals surface area contributed by atoms with Crippen molar-refractivity contribution in [3.05, 3.63) is 108 Å². The van der Waals surface area contributed by atoms with Gasteiger partial charge >= 0.3 is 17.9 Å². The Morgan fingerprint density at radius 3 is 1.80 bits per heavy atom. The maximum absolute atomic E-state index is 12.9. The van der Waals surface area contributed by atoms with Gasteiger partial charge in [-0.1, -0.05) is 54.6 Å². The lowest BCUT2D eigenvalue weighted by molar-refractivity contribution is -0.210. The van der Waals surface area contributed by atoms with Gasteiger partial charge in [0, 0.05) is 26.1 Å². The van der Waals surface area contributed by atoms with Gasteiger partial charge in [-0.15, -0.1) is 0 Å². The number of nitrogens with zero attached hydrogens (tertiary/aromatic N) is 1. The highest BCUT2D eigenvalue weighted by molar-refractivity contribution is 5.90. The number of aliphatic hydroxyl groups is 1. The Balaban J connectivity index is 1.42. The summed E-state index contributed by atoms with van der Waals surface area (Å²) >= 11 is 0. The molecule has 3 aromatic rings. The fourth-order valence-corrected chi connectivity index (χ4v) is 5.18. The van der Waals surface area contributed by atoms with Gasteiger partial charge in [-0.2, -0.15) is 0 Å². The Morgan fingerprint density at radius 1 is 0.760 bits per heavy atom. The summed E-state index contributed by atoms with van der Waals surface area (Å²) in [7, 11) is 0. The number of piperidine rings is 1. The molecule has 3 aromatic carbocycles. The number of unbranched alkanes of at least 4 members (excludes halogenated alkanes) is 1. The second kappa shape index (κ2) is 20.1. The van der Waals surface area contributed by atoms with E-state index in [1.807, 2.05) is 0 Å². The summed E-state index contributed by atoms with van der Waals surface area (Å²) in [6.07, 6.45) is -1.04. The van der Waals surface area contributed by atoms with Crippen LogP contribution >= 0.6 is 0 Å². The molecule has 1 aliphatic heterocycles. The van der Waals surface area contributed by atoms with Crippen molar-refractivity contribution in [1.82, 2.24) is 4.90 Å². The molecule has 12 heteroatoms. The first-order valence-electron chi connectivity index (χ1n) is 16.9. The first kappa shape index (κ1) is 38.2. The van der Waals surface area contributed by atoms with Crippen molar-refractivity contribution in [2.75, 3.05) is 32.9 Å². The Labute approximate surface area is 292 Å². The van der Waals surface area contributed by atoms with E-state index in [0.29, 0.717) is 61.9 Å². The zero-order valence-corrected chi connectivity index (χ0v) is 28.3. The minimum Gasteiger partial charge on any atom is -0.460 e. The van der Waals surface area contributed by atoms with Crippen LogP contribution in [0.15, 0.2) is 91.0 Å². The van der Waals surface area contributed by atoms with Crippen LogP contribution in [0.3, 0.4) is 0 Å². The van der Waals surface area contributed by atoms with Gasteiger partial charge in [-0.3, -0.25) is 4.79 Å². The number of benzene rings is 3. The normalized spacial score (nSPS) is 15.7. The summed E-state index contributed by atoms with van der Waals surface area (Å²) < 4.78 is 29.1. The van der Waals surface area contributed by atoms with Crippen molar-refractivity contribution < 1.29 is 48.0 Å². The standard InChI is InChI=1S/C38H46N2O10/c1-27(49-37(45)30-17-9-4-10-18-30)33(26-48-36(44)29-15-7-3-8-16-29)50-38(32(39)25-47-35(43)28-13-5-2-6-14-28)46-24-12-11-19-34(42)40-22-20-31(41)21-23-40/h2-10,13-18,27,31-33,38,41H,11-12,19-26,39H2,1H3/t27-,32+,33?,38-/m1/s1. The molecule has 1 heterocycles. The molecule has 268 valence electrons. The van der Waals surface area contributed by atoms with E-state index in [1.165, 1.54) is 0 Å². The van der Waals surface area contributed by atoms with Crippen LogP contribution in [0.25, 0.3) is 0 Å². The van der Waals surface area contributed by atoms with Crippen LogP contribution in [-0.2, 0) is 28.5 Å². The molecule has 12 nitrogen and oxygen atoms in total. The smallest absolute Gasteiger partial charge is 0.338 e. The molecule has 1 unspecified atom stereocenters. The van der Waals surface area contributed by atoms with Crippen LogP contribution in [0.2, 0.25) is 0 Å². The molecule has 1 fully saturated rings. The minimum absolute atomic E-state index is 0.0172. The van der Waals surface area contributed by atoms with Gasteiger partial charge in [0.15, 0.2) is 6.29 Å². The molecule has 0 bridgehead atoms. The summed E-state index contributed by atoms with van der Waals surface area (Å²) in [5.74, 6) is -1.77. The van der Waals surface area contributed by atoms with E-state index in [0.717, 1.165) is 0 Å². The largest absolute Gasteiger partial charge is 0.460 e. The first-order valence-corrected chi connectivity index (χ1v) is 16.9. The van der Waals surface area contributed by atoms with Crippen molar-refractivity contribution in [2.45, 2.75) is 69.7 Å². The van der Waals surface area contributed by atoms with Gasteiger partial charge in [0.1, 0.15) is 25.4 Å². The SMILES string of the molecule is C[C@@H](OC(=O)c1ccccc1)C(COC(=O)c1ccccc1)O[C@@H](OCCCCC(=O)N1CCC(O)CC1)[C@@H](N)COC(=O)c1ccccc1. The second-order valence-corrected chi connectivity index (χ2v) is 12.1. The monoisotopic (exact) mass is 690 g/mol. The molecular weight excluding hydrogens is 644 g/mol. The van der Waals surface area contributed by atoms with Crippen LogP contribution in [0.4, 0.5) is 0 Å². The van der Waals surface area contributed by atoms with E-state index >= 15 is 0 Å². The zero-order chi connectivity index (χ0) is 35.7. The van der Waals surface area contributed by atoms with E-state index in [1.54, 1.807) is 103 Å². The van der Waals surface area contributed by atoms with Crippen LogP contribution < -0.4 is 5.73 Å². The summed E-state index contributed by atoms with van der Waals surface area (Å²) in [6, 6.07) is 24.3. The number of hydrogen-bond acceptors (Lipinski definition) is 11. The topological polar surface area (TPSA) is 164 Å². The number of rotatable bonds is 18. The number of ether oxygens (including phenoxy) is 5. The fraction of sp³-hybridized carbons (Fsp3) is 0.421. The number of carbonyl (C=O) groups excluding carboxylic acids is 4. The Kier molecular flexibility index (Phi) is 15.4. The molecule has 1 saturated heterocycles. The predicted octanol–water partition coefficient (Wildman–Crippen LogP) is 4.15. The maximum atomic E-state index is 12.9. The van der Waals surface area contributed by atoms with Gasteiger partial charge in [-0.05, 0) is 69.0 Å². The van der Waals surface area contributed by atoms with Crippen molar-refractivity contribution in [1.29, 1.82) is 0 Å². The number of amides is 1. The molecular formula is C38H46N2O10. The molecule has 1 aliphatic rings. The zero-order valence-electron chi connectivity index (χ0n) is 28.3. The van der Waals surface area contributed by atoms with Crippen molar-refractivity contribution in [2.24, 2.45) is 5.73 Å². The van der Waals surface area contributed by atoms with E-state index in [-0.39, 0.29) is 31.8 Å². The number of esters is 3. The lowest BCUT2D eigenvalue weighted by atomic mass is 10.1. The van der Waals surface area contributed by atoms with E-state index in [4.69, 9.17) is 29.4 Å². The van der Waals surface area contributed by atoms with E-state index < -0.39 is 42.4 Å². The second-order valence-electron chi connectivity index (χ2n) is 12.1. The fourth-order valence-electron chi connectivity index (χ4n) is 5.18. The van der Waals surface area contributed by atoms with Crippen molar-refractivity contribution >= 4 is 23.8 Å². The predicted molar refractivity (Wildman–Crippen MR) is 183 cm³/mol. The number of aliphatic hydroxyl groups excluding tert-OH is 1. The minimum atomic E-state index is -1.18. The van der Waals surface area contributed by atoms with Gasteiger partial charge in [-0.25, -0.2) is 14.4 Å². The van der Waals surface area contributed by atoms with Crippen LogP contribution in [0.1, 0.15) is 70.1 Å². The summed E-state index contributed by atoms with van der Waals surface area (Å²) in [5.41, 5.74) is 7.48. The van der Waals surface area contributed by atoms with Gasteiger partial charge in [0.2, 0.25) is 5.91 Å². The van der Waals surface area contributed by atoms with Crippen LogP contribution in [-0.4, -0.2) is 97.4 Å². The Hall–Kier alpha value is -4.62. The third-order valence-electron chi connectivity index (χ3n) is 8.17. The number of hydrogen-bond donors (Lipinski definition) is 2. The van der Waals surface area contributed by atoms with Crippen molar-refractivity contribution in [3.63, 3.8) is 0 Å². The van der Waals surface area contributed by atoms with Crippen LogP contribution in [0.5, 0.6) is 0 Å². The Bertz CT molecular complexity index is 1480. The molecule has 3 N–H and O–H groups in total. The molecule has 1 amide bonds. The van der Waals surface area contributed by atoms with E-state index in [9.17, 15) is 24.3 Å². The maximum Gasteiger partial charge on any atom is 0.338 e. The quantitative estimate of drug-likeness (QED) is 0.0853. The Morgan fingerprint density at radius 2 is 1.26 bits per heavy atom. The van der Waals surface area contributed by atoms with Gasteiger partial charge in [0.25, 0.3) is 0 Å². The molecule has 4 rings (SSSR count). The summed E-state index contributed by atoms with van der Waals surface area (Å²) in [5, 5.41) is 9.73. The van der Waals surface area contributed by atoms with Crippen LogP contribution in [0, 0.1) is 0 Å². The molecule has 4 atom stereocenters. The molecule has 0 saturated carbocycles. The van der Waals surface area contributed by atoms with Gasteiger partial charge in [0.05, 0.1) is 28.8 Å². The lowest BCUT2D eigenvalue weighted by Crippen LogP contribution is -2.48. The summed E-state index contributed by atoms with van der Waals surface area (Å²) in [6.45, 7) is 2.23. The first-order chi connectivity index (χ1) is 24.2. The highest BCUT2D eigenvalue weighted by Crippen LogP contribution is 2.17. The molecule has 0 aliphatic carbocycles. The average molecular weight is 691 g/mol. The summed E-state index contributed by atoms with van der Waals surface area (Å²) in [4.78, 5) is 52.8. The third kappa shape index (κ3) is 12.4. The number of likely N-dealkylation sites (tertiary alicyclic amines) is 1. The molecule has 50 heavy (non-hydrogen) atoms. The molecule has 0 spiro atoms. The number of nitrogens with two attached hydrogens (primary N) is 1. The number of carbonyl (C=O) groups is 4.